The smallest absolute Gasteiger partial charge is 0.170 e. The molecule has 0 saturated heterocycles. The van der Waals surface area contributed by atoms with Crippen LogP contribution in [0.15, 0.2) is 55.1 Å². The molecular formula is C22H19F3O. The van der Waals surface area contributed by atoms with E-state index in [1.54, 1.807) is 42.5 Å². The van der Waals surface area contributed by atoms with Gasteiger partial charge in [0.05, 0.1) is 12.0 Å². The van der Waals surface area contributed by atoms with E-state index in [1.165, 1.54) is 6.07 Å². The van der Waals surface area contributed by atoms with Gasteiger partial charge in [-0.25, -0.2) is 13.2 Å². The van der Waals surface area contributed by atoms with Gasteiger partial charge in [-0.15, -0.1) is 6.58 Å². The highest BCUT2D eigenvalue weighted by Crippen LogP contribution is 2.34. The first-order chi connectivity index (χ1) is 12.6. The van der Waals surface area contributed by atoms with Gasteiger partial charge < -0.3 is 4.74 Å². The lowest BCUT2D eigenvalue weighted by molar-refractivity contribution is 0.340. The van der Waals surface area contributed by atoms with Crippen molar-refractivity contribution in [3.63, 3.8) is 0 Å². The number of hydrogen-bond acceptors (Lipinski definition) is 1. The molecule has 0 aliphatic carbocycles. The number of hydrogen-bond donors (Lipinski definition) is 0. The van der Waals surface area contributed by atoms with Crippen molar-refractivity contribution >= 4 is 10.8 Å². The molecule has 0 fully saturated rings. The predicted octanol–water partition coefficient (Wildman–Crippen LogP) is 6.44. The number of rotatable bonds is 6. The Morgan fingerprint density at radius 2 is 1.69 bits per heavy atom. The first kappa shape index (κ1) is 18.1. The van der Waals surface area contributed by atoms with Gasteiger partial charge in [-0.05, 0) is 54.5 Å². The summed E-state index contributed by atoms with van der Waals surface area (Å²) in [7, 11) is 0. The number of benzene rings is 3. The second-order valence-electron chi connectivity index (χ2n) is 5.97. The quantitative estimate of drug-likeness (QED) is 0.462. The van der Waals surface area contributed by atoms with E-state index in [1.807, 2.05) is 6.92 Å². The van der Waals surface area contributed by atoms with Crippen molar-refractivity contribution in [2.45, 2.75) is 19.8 Å². The minimum absolute atomic E-state index is 0.0938. The predicted molar refractivity (Wildman–Crippen MR) is 98.9 cm³/mol. The molecule has 1 nitrogen and oxygen atoms in total. The van der Waals surface area contributed by atoms with Crippen LogP contribution in [0, 0.1) is 17.5 Å². The lowest BCUT2D eigenvalue weighted by Crippen LogP contribution is -1.98. The molecule has 134 valence electrons. The molecule has 3 aromatic rings. The molecular weight excluding hydrogens is 337 g/mol. The lowest BCUT2D eigenvalue weighted by atomic mass is 9.97. The molecule has 0 amide bonds. The minimum Gasteiger partial charge on any atom is -0.494 e. The average Bonchev–Trinajstić information content (AvgIpc) is 2.65. The van der Waals surface area contributed by atoms with Crippen molar-refractivity contribution in [1.29, 1.82) is 0 Å². The zero-order valence-corrected chi connectivity index (χ0v) is 14.5. The molecule has 0 aliphatic heterocycles. The van der Waals surface area contributed by atoms with E-state index in [4.69, 9.17) is 4.74 Å². The second-order valence-corrected chi connectivity index (χ2v) is 5.97. The molecule has 0 spiro atoms. The zero-order valence-electron chi connectivity index (χ0n) is 14.5. The summed E-state index contributed by atoms with van der Waals surface area (Å²) < 4.78 is 49.3. The molecule has 0 radical (unpaired) electrons. The van der Waals surface area contributed by atoms with Crippen molar-refractivity contribution in [3.05, 3.63) is 78.1 Å². The van der Waals surface area contributed by atoms with Crippen molar-refractivity contribution in [2.75, 3.05) is 6.61 Å². The molecule has 3 rings (SSSR count). The van der Waals surface area contributed by atoms with Gasteiger partial charge in [0.15, 0.2) is 11.6 Å². The van der Waals surface area contributed by atoms with E-state index in [2.05, 4.69) is 6.58 Å². The Hall–Kier alpha value is -2.75. The fraction of sp³-hybridized carbons (Fsp3) is 0.182. The minimum atomic E-state index is -1.16. The fourth-order valence-electron chi connectivity index (χ4n) is 2.98. The van der Waals surface area contributed by atoms with E-state index in [0.29, 0.717) is 41.7 Å². The van der Waals surface area contributed by atoms with Gasteiger partial charge in [0, 0.05) is 5.56 Å². The molecule has 3 aromatic carbocycles. The number of aryl methyl sites for hydroxylation is 1. The SMILES string of the molecule is C=CCCc1ccc2cc(-c3ccc(OCC)cc3)c(F)c(F)c2c1F. The first-order valence-electron chi connectivity index (χ1n) is 8.50. The Morgan fingerprint density at radius 1 is 0.962 bits per heavy atom. The Bertz CT molecular complexity index is 946. The monoisotopic (exact) mass is 356 g/mol. The summed E-state index contributed by atoms with van der Waals surface area (Å²) >= 11 is 0. The lowest BCUT2D eigenvalue weighted by Gasteiger charge is -2.12. The molecule has 26 heavy (non-hydrogen) atoms. The average molecular weight is 356 g/mol. The largest absolute Gasteiger partial charge is 0.494 e. The van der Waals surface area contributed by atoms with E-state index >= 15 is 0 Å². The van der Waals surface area contributed by atoms with Crippen LogP contribution in [0.5, 0.6) is 5.75 Å². The molecule has 0 heterocycles. The number of halogens is 3. The third-order valence-corrected chi connectivity index (χ3v) is 4.30. The van der Waals surface area contributed by atoms with Crippen LogP contribution in [-0.2, 0) is 6.42 Å². The summed E-state index contributed by atoms with van der Waals surface area (Å²) in [5, 5.41) is 0.0198. The van der Waals surface area contributed by atoms with E-state index in [0.717, 1.165) is 0 Å². The standard InChI is InChI=1S/C22H19F3O/c1-3-5-6-15-7-8-16-13-18(21(24)22(25)19(16)20(15)23)14-9-11-17(12-10-14)26-4-2/h3,7-13H,1,4-6H2,2H3. The Balaban J connectivity index is 2.11. The molecule has 0 bridgehead atoms. The van der Waals surface area contributed by atoms with Crippen LogP contribution in [0.4, 0.5) is 13.2 Å². The number of allylic oxidation sites excluding steroid dienone is 1. The zero-order chi connectivity index (χ0) is 18.7. The van der Waals surface area contributed by atoms with Crippen molar-refractivity contribution in [2.24, 2.45) is 0 Å². The van der Waals surface area contributed by atoms with Gasteiger partial charge in [0.2, 0.25) is 0 Å². The molecule has 0 aliphatic rings. The van der Waals surface area contributed by atoms with Crippen LogP contribution in [0.1, 0.15) is 18.9 Å². The van der Waals surface area contributed by atoms with Gasteiger partial charge >= 0.3 is 0 Å². The van der Waals surface area contributed by atoms with Gasteiger partial charge in [0.1, 0.15) is 11.6 Å². The highest BCUT2D eigenvalue weighted by Gasteiger charge is 2.19. The second kappa shape index (κ2) is 7.65. The van der Waals surface area contributed by atoms with Crippen molar-refractivity contribution in [3.8, 4) is 16.9 Å². The molecule has 4 heteroatoms. The van der Waals surface area contributed by atoms with Crippen LogP contribution in [0.25, 0.3) is 21.9 Å². The van der Waals surface area contributed by atoms with Crippen LogP contribution in [-0.4, -0.2) is 6.61 Å². The third kappa shape index (κ3) is 3.32. The molecule has 0 atom stereocenters. The maximum absolute atomic E-state index is 14.6. The summed E-state index contributed by atoms with van der Waals surface area (Å²) in [6.45, 7) is 5.98. The number of fused-ring (bicyclic) bond motifs is 1. The van der Waals surface area contributed by atoms with E-state index in [9.17, 15) is 13.2 Å². The topological polar surface area (TPSA) is 9.23 Å². The summed E-state index contributed by atoms with van der Waals surface area (Å²) in [4.78, 5) is 0. The maximum Gasteiger partial charge on any atom is 0.170 e. The third-order valence-electron chi connectivity index (χ3n) is 4.30. The summed E-state index contributed by atoms with van der Waals surface area (Å²) in [5.74, 6) is -2.28. The highest BCUT2D eigenvalue weighted by molar-refractivity contribution is 5.89. The van der Waals surface area contributed by atoms with Gasteiger partial charge in [-0.2, -0.15) is 0 Å². The van der Waals surface area contributed by atoms with Crippen LogP contribution >= 0.6 is 0 Å². The van der Waals surface area contributed by atoms with Gasteiger partial charge in [0.25, 0.3) is 0 Å². The van der Waals surface area contributed by atoms with Crippen LogP contribution in [0.2, 0.25) is 0 Å². The Morgan fingerprint density at radius 3 is 2.35 bits per heavy atom. The highest BCUT2D eigenvalue weighted by atomic mass is 19.2. The molecule has 0 unspecified atom stereocenters. The van der Waals surface area contributed by atoms with Gasteiger partial charge in [-0.3, -0.25) is 0 Å². The molecule has 0 saturated carbocycles. The van der Waals surface area contributed by atoms with E-state index in [-0.39, 0.29) is 10.9 Å². The first-order valence-corrected chi connectivity index (χ1v) is 8.50. The summed E-state index contributed by atoms with van der Waals surface area (Å²) in [5.41, 5.74) is 0.948. The molecule has 0 N–H and O–H groups in total. The fourth-order valence-corrected chi connectivity index (χ4v) is 2.98. The Labute approximate surface area is 150 Å². The summed E-state index contributed by atoms with van der Waals surface area (Å²) in [6.07, 6.45) is 2.62. The van der Waals surface area contributed by atoms with Crippen molar-refractivity contribution in [1.82, 2.24) is 0 Å². The molecule has 0 aromatic heterocycles. The van der Waals surface area contributed by atoms with Gasteiger partial charge in [-0.1, -0.05) is 30.3 Å². The summed E-state index contributed by atoms with van der Waals surface area (Å²) in [6, 6.07) is 11.4. The number of ether oxygens (including phenoxy) is 1. The van der Waals surface area contributed by atoms with Crippen molar-refractivity contribution < 1.29 is 17.9 Å². The maximum atomic E-state index is 14.6. The van der Waals surface area contributed by atoms with Crippen LogP contribution < -0.4 is 4.74 Å². The van der Waals surface area contributed by atoms with Crippen LogP contribution in [0.3, 0.4) is 0 Å². The Kier molecular flexibility index (Phi) is 5.31. The van der Waals surface area contributed by atoms with E-state index < -0.39 is 17.5 Å². The normalized spacial score (nSPS) is 10.9.